The second kappa shape index (κ2) is 7.83. The van der Waals surface area contributed by atoms with Crippen molar-refractivity contribution in [3.63, 3.8) is 0 Å². The molecule has 31 heavy (non-hydrogen) atoms. The van der Waals surface area contributed by atoms with Gasteiger partial charge in [-0.05, 0) is 31.5 Å². The van der Waals surface area contributed by atoms with Gasteiger partial charge in [0.25, 0.3) is 5.91 Å². The molecule has 0 unspecified atom stereocenters. The molecule has 5 rings (SSSR count). The van der Waals surface area contributed by atoms with Gasteiger partial charge in [-0.15, -0.1) is 10.2 Å². The predicted molar refractivity (Wildman–Crippen MR) is 120 cm³/mol. The number of benzene rings is 2. The first-order valence-electron chi connectivity index (χ1n) is 10.5. The molecule has 2 aromatic heterocycles. The molecule has 1 aliphatic rings. The molecule has 0 aliphatic carbocycles. The summed E-state index contributed by atoms with van der Waals surface area (Å²) in [5.74, 6) is -0.0889. The molecular formula is C24H24N6O. The van der Waals surface area contributed by atoms with Crippen LogP contribution in [0.4, 0.5) is 5.69 Å². The van der Waals surface area contributed by atoms with Gasteiger partial charge < -0.3 is 9.80 Å². The molecule has 3 heterocycles. The zero-order valence-corrected chi connectivity index (χ0v) is 17.7. The second-order valence-corrected chi connectivity index (χ2v) is 7.81. The highest BCUT2D eigenvalue weighted by Gasteiger charge is 2.27. The Balaban J connectivity index is 1.41. The van der Waals surface area contributed by atoms with Crippen LogP contribution >= 0.6 is 0 Å². The first kappa shape index (κ1) is 19.2. The van der Waals surface area contributed by atoms with E-state index in [4.69, 9.17) is 0 Å². The Morgan fingerprint density at radius 1 is 0.839 bits per heavy atom. The van der Waals surface area contributed by atoms with E-state index in [9.17, 15) is 4.79 Å². The molecule has 1 fully saturated rings. The number of aromatic nitrogens is 4. The Morgan fingerprint density at radius 3 is 2.16 bits per heavy atom. The molecule has 7 nitrogen and oxygen atoms in total. The molecule has 1 saturated heterocycles. The van der Waals surface area contributed by atoms with Gasteiger partial charge in [0, 0.05) is 31.9 Å². The van der Waals surface area contributed by atoms with E-state index in [1.807, 2.05) is 67.3 Å². The first-order valence-corrected chi connectivity index (χ1v) is 10.5. The summed E-state index contributed by atoms with van der Waals surface area (Å²) in [4.78, 5) is 17.4. The third-order valence-corrected chi connectivity index (χ3v) is 5.89. The van der Waals surface area contributed by atoms with E-state index >= 15 is 0 Å². The number of aryl methyl sites for hydroxylation is 2. The molecule has 2 aromatic carbocycles. The number of fused-ring (bicyclic) bond motifs is 1. The van der Waals surface area contributed by atoms with Crippen molar-refractivity contribution >= 4 is 17.2 Å². The number of hydrogen-bond donors (Lipinski definition) is 0. The smallest absolute Gasteiger partial charge is 0.276 e. The maximum atomic E-state index is 13.2. The van der Waals surface area contributed by atoms with Crippen LogP contribution in [0.25, 0.3) is 16.8 Å². The average Bonchev–Trinajstić information content (AvgIpc) is 3.17. The number of amides is 1. The Bertz CT molecular complexity index is 1230. The average molecular weight is 412 g/mol. The Labute approximate surface area is 180 Å². The van der Waals surface area contributed by atoms with Crippen molar-refractivity contribution in [2.45, 2.75) is 13.8 Å². The van der Waals surface area contributed by atoms with Crippen molar-refractivity contribution in [2.24, 2.45) is 0 Å². The Hall–Kier alpha value is -3.74. The lowest BCUT2D eigenvalue weighted by molar-refractivity contribution is 0.0738. The lowest BCUT2D eigenvalue weighted by Crippen LogP contribution is -2.49. The molecule has 0 spiro atoms. The second-order valence-electron chi connectivity index (χ2n) is 7.81. The minimum Gasteiger partial charge on any atom is -0.368 e. The molecule has 0 saturated carbocycles. The van der Waals surface area contributed by atoms with Gasteiger partial charge in [0.15, 0.2) is 11.3 Å². The van der Waals surface area contributed by atoms with E-state index in [0.29, 0.717) is 30.1 Å². The normalized spacial score (nSPS) is 14.3. The number of carbonyl (C=O) groups is 1. The third kappa shape index (κ3) is 3.42. The highest BCUT2D eigenvalue weighted by molar-refractivity contribution is 5.94. The first-order chi connectivity index (χ1) is 15.1. The van der Waals surface area contributed by atoms with Crippen LogP contribution in [0.15, 0.2) is 60.7 Å². The summed E-state index contributed by atoms with van der Waals surface area (Å²) >= 11 is 0. The van der Waals surface area contributed by atoms with E-state index < -0.39 is 0 Å². The van der Waals surface area contributed by atoms with Crippen molar-refractivity contribution in [2.75, 3.05) is 31.1 Å². The monoisotopic (exact) mass is 412 g/mol. The molecule has 156 valence electrons. The molecule has 1 aliphatic heterocycles. The third-order valence-electron chi connectivity index (χ3n) is 5.89. The highest BCUT2D eigenvalue weighted by atomic mass is 16.2. The molecule has 7 heteroatoms. The van der Waals surface area contributed by atoms with Gasteiger partial charge in [-0.25, -0.2) is 4.52 Å². The predicted octanol–water partition coefficient (Wildman–Crippen LogP) is 3.37. The summed E-state index contributed by atoms with van der Waals surface area (Å²) in [6.07, 6.45) is 0. The van der Waals surface area contributed by atoms with Crippen LogP contribution in [0.5, 0.6) is 0 Å². The van der Waals surface area contributed by atoms with Crippen LogP contribution < -0.4 is 4.90 Å². The quantitative estimate of drug-likeness (QED) is 0.516. The molecule has 0 atom stereocenters. The summed E-state index contributed by atoms with van der Waals surface area (Å²) < 4.78 is 1.75. The summed E-state index contributed by atoms with van der Waals surface area (Å²) in [5.41, 5.74) is 5.80. The SMILES string of the molecule is Cc1nn2c(C)c(C(=O)N3CCN(c4ccccc4)CC3)nnc2c1-c1ccccc1. The van der Waals surface area contributed by atoms with Gasteiger partial charge in [-0.2, -0.15) is 5.10 Å². The van der Waals surface area contributed by atoms with E-state index in [0.717, 1.165) is 29.9 Å². The van der Waals surface area contributed by atoms with Gasteiger partial charge in [-0.3, -0.25) is 4.79 Å². The largest absolute Gasteiger partial charge is 0.368 e. The van der Waals surface area contributed by atoms with Gasteiger partial charge in [0.05, 0.1) is 17.0 Å². The summed E-state index contributed by atoms with van der Waals surface area (Å²) in [5, 5.41) is 13.4. The van der Waals surface area contributed by atoms with E-state index in [2.05, 4.69) is 32.3 Å². The van der Waals surface area contributed by atoms with Gasteiger partial charge >= 0.3 is 0 Å². The van der Waals surface area contributed by atoms with Gasteiger partial charge in [-0.1, -0.05) is 48.5 Å². The number of hydrogen-bond acceptors (Lipinski definition) is 5. The maximum absolute atomic E-state index is 13.2. The van der Waals surface area contributed by atoms with E-state index in [1.165, 1.54) is 5.69 Å². The molecular weight excluding hydrogens is 388 g/mol. The number of piperazine rings is 1. The van der Waals surface area contributed by atoms with Crippen LogP contribution in [-0.4, -0.2) is 56.8 Å². The van der Waals surface area contributed by atoms with Crippen LogP contribution in [0.1, 0.15) is 21.9 Å². The maximum Gasteiger partial charge on any atom is 0.276 e. The summed E-state index contributed by atoms with van der Waals surface area (Å²) in [6.45, 7) is 6.74. The van der Waals surface area contributed by atoms with Gasteiger partial charge in [0.2, 0.25) is 0 Å². The van der Waals surface area contributed by atoms with Crippen LogP contribution in [0, 0.1) is 13.8 Å². The number of carbonyl (C=O) groups excluding carboxylic acids is 1. The lowest BCUT2D eigenvalue weighted by Gasteiger charge is -2.36. The fourth-order valence-electron chi connectivity index (χ4n) is 4.21. The van der Waals surface area contributed by atoms with Crippen LogP contribution in [0.3, 0.4) is 0 Å². The standard InChI is InChI=1S/C24H24N6O/c1-17-21(19-9-5-3-6-10-19)23-26-25-22(18(2)30(23)27-17)24(31)29-15-13-28(14-16-29)20-11-7-4-8-12-20/h3-12H,13-16H2,1-2H3. The molecule has 1 amide bonds. The van der Waals surface area contributed by atoms with Crippen molar-refractivity contribution in [1.82, 2.24) is 24.7 Å². The highest BCUT2D eigenvalue weighted by Crippen LogP contribution is 2.27. The zero-order valence-electron chi connectivity index (χ0n) is 17.7. The van der Waals surface area contributed by atoms with E-state index in [-0.39, 0.29) is 5.91 Å². The minimum absolute atomic E-state index is 0.0889. The summed E-state index contributed by atoms with van der Waals surface area (Å²) in [7, 11) is 0. The molecule has 0 N–H and O–H groups in total. The Morgan fingerprint density at radius 2 is 1.48 bits per heavy atom. The number of rotatable bonds is 3. The van der Waals surface area contributed by atoms with Gasteiger partial charge in [0.1, 0.15) is 0 Å². The number of anilines is 1. The van der Waals surface area contributed by atoms with E-state index in [1.54, 1.807) is 4.52 Å². The number of para-hydroxylation sites is 1. The Kier molecular flexibility index (Phi) is 4.86. The van der Waals surface area contributed by atoms with Crippen LogP contribution in [0.2, 0.25) is 0 Å². The van der Waals surface area contributed by atoms with Crippen molar-refractivity contribution in [1.29, 1.82) is 0 Å². The fraction of sp³-hybridized carbons (Fsp3) is 0.250. The lowest BCUT2D eigenvalue weighted by atomic mass is 10.1. The summed E-state index contributed by atoms with van der Waals surface area (Å²) in [6, 6.07) is 20.3. The molecule has 0 radical (unpaired) electrons. The molecule has 0 bridgehead atoms. The molecule has 4 aromatic rings. The zero-order chi connectivity index (χ0) is 21.4. The number of nitrogens with zero attached hydrogens (tertiary/aromatic N) is 6. The minimum atomic E-state index is -0.0889. The van der Waals surface area contributed by atoms with Crippen molar-refractivity contribution in [3.8, 4) is 11.1 Å². The van der Waals surface area contributed by atoms with Crippen LogP contribution in [-0.2, 0) is 0 Å². The fourth-order valence-corrected chi connectivity index (χ4v) is 4.21. The van der Waals surface area contributed by atoms with Crippen molar-refractivity contribution < 1.29 is 4.79 Å². The van der Waals surface area contributed by atoms with Crippen molar-refractivity contribution in [3.05, 3.63) is 77.7 Å². The topological polar surface area (TPSA) is 66.6 Å².